The Balaban J connectivity index is 2.51. The summed E-state index contributed by atoms with van der Waals surface area (Å²) in [5.74, 6) is 1.05. The van der Waals surface area contributed by atoms with Gasteiger partial charge in [0.15, 0.2) is 5.69 Å². The quantitative estimate of drug-likeness (QED) is 0.850. The lowest BCUT2D eigenvalue weighted by Gasteiger charge is -2.03. The maximum absolute atomic E-state index is 11.8. The average molecular weight is 281 g/mol. The van der Waals surface area contributed by atoms with Crippen molar-refractivity contribution >= 4 is 23.3 Å². The molecule has 0 bridgehead atoms. The Hall–Kier alpha value is -1.96. The monoisotopic (exact) mass is 281 g/mol. The Bertz CT molecular complexity index is 604. The summed E-state index contributed by atoms with van der Waals surface area (Å²) < 4.78 is 10.7. The van der Waals surface area contributed by atoms with Gasteiger partial charge < -0.3 is 10.5 Å². The average Bonchev–Trinajstić information content (AvgIpc) is 2.93. The van der Waals surface area contributed by atoms with Crippen LogP contribution in [0.2, 0.25) is 0 Å². The summed E-state index contributed by atoms with van der Waals surface area (Å²) >= 11 is 1.21. The molecule has 2 aromatic rings. The van der Waals surface area contributed by atoms with Gasteiger partial charge in [-0.3, -0.25) is 4.57 Å². The molecule has 0 unspecified atom stereocenters. The van der Waals surface area contributed by atoms with Crippen molar-refractivity contribution in [1.29, 1.82) is 0 Å². The molecule has 2 aromatic heterocycles. The van der Waals surface area contributed by atoms with Gasteiger partial charge in [0.2, 0.25) is 5.13 Å². The minimum Gasteiger partial charge on any atom is -0.461 e. The van der Waals surface area contributed by atoms with Crippen LogP contribution in [-0.4, -0.2) is 31.5 Å². The number of imidazole rings is 1. The number of carbonyl (C=O) groups is 1. The van der Waals surface area contributed by atoms with E-state index in [1.807, 2.05) is 6.92 Å². The maximum Gasteiger partial charge on any atom is 0.360 e. The number of aryl methyl sites for hydroxylation is 2. The fourth-order valence-electron chi connectivity index (χ4n) is 1.66. The Kier molecular flexibility index (Phi) is 3.79. The topological polar surface area (TPSA) is 95.9 Å². The first-order chi connectivity index (χ1) is 9.08. The molecule has 0 amide bonds. The van der Waals surface area contributed by atoms with Gasteiger partial charge in [-0.25, -0.2) is 14.8 Å². The number of ether oxygens (including phenoxy) is 1. The second kappa shape index (κ2) is 5.35. The van der Waals surface area contributed by atoms with Crippen LogP contribution in [0.1, 0.15) is 36.0 Å². The van der Waals surface area contributed by atoms with Crippen molar-refractivity contribution in [1.82, 2.24) is 18.9 Å². The summed E-state index contributed by atoms with van der Waals surface area (Å²) in [6.45, 7) is 5.75. The Morgan fingerprint density at radius 2 is 2.16 bits per heavy atom. The van der Waals surface area contributed by atoms with E-state index >= 15 is 0 Å². The van der Waals surface area contributed by atoms with Crippen molar-refractivity contribution in [3.8, 4) is 5.13 Å². The molecule has 0 aliphatic heterocycles. The minimum absolute atomic E-state index is 0.131. The van der Waals surface area contributed by atoms with Crippen LogP contribution >= 0.6 is 11.5 Å². The first kappa shape index (κ1) is 13.5. The van der Waals surface area contributed by atoms with E-state index < -0.39 is 5.97 Å². The van der Waals surface area contributed by atoms with Gasteiger partial charge in [0.1, 0.15) is 17.5 Å². The van der Waals surface area contributed by atoms with Crippen LogP contribution in [0.5, 0.6) is 0 Å². The van der Waals surface area contributed by atoms with Crippen molar-refractivity contribution in [2.24, 2.45) is 0 Å². The molecule has 2 heterocycles. The highest BCUT2D eigenvalue weighted by Gasteiger charge is 2.23. The zero-order chi connectivity index (χ0) is 14.0. The first-order valence-electron chi connectivity index (χ1n) is 5.93. The van der Waals surface area contributed by atoms with E-state index in [1.54, 1.807) is 18.4 Å². The molecule has 7 nitrogen and oxygen atoms in total. The summed E-state index contributed by atoms with van der Waals surface area (Å²) in [7, 11) is 0. The molecule has 0 saturated carbocycles. The van der Waals surface area contributed by atoms with Crippen molar-refractivity contribution in [2.75, 3.05) is 12.3 Å². The second-order valence-electron chi connectivity index (χ2n) is 3.80. The van der Waals surface area contributed by atoms with Gasteiger partial charge in [0.05, 0.1) is 6.61 Å². The molecule has 2 rings (SSSR count). The molecule has 0 fully saturated rings. The summed E-state index contributed by atoms with van der Waals surface area (Å²) in [5.41, 5.74) is 6.12. The van der Waals surface area contributed by atoms with Crippen LogP contribution in [0.15, 0.2) is 0 Å². The van der Waals surface area contributed by atoms with Crippen molar-refractivity contribution < 1.29 is 9.53 Å². The number of nitrogen functional groups attached to an aromatic ring is 1. The number of nitrogens with zero attached hydrogens (tertiary/aromatic N) is 4. The molecule has 0 aliphatic rings. The highest BCUT2D eigenvalue weighted by molar-refractivity contribution is 7.08. The molecular weight excluding hydrogens is 266 g/mol. The van der Waals surface area contributed by atoms with Gasteiger partial charge in [-0.05, 0) is 13.8 Å². The van der Waals surface area contributed by atoms with E-state index in [0.29, 0.717) is 23.2 Å². The Morgan fingerprint density at radius 3 is 2.68 bits per heavy atom. The number of esters is 1. The normalized spacial score (nSPS) is 10.7. The van der Waals surface area contributed by atoms with E-state index in [2.05, 4.69) is 14.3 Å². The second-order valence-corrected chi connectivity index (χ2v) is 4.53. The van der Waals surface area contributed by atoms with Crippen LogP contribution in [0.3, 0.4) is 0 Å². The molecule has 0 aliphatic carbocycles. The number of hydrogen-bond acceptors (Lipinski definition) is 7. The molecule has 102 valence electrons. The van der Waals surface area contributed by atoms with E-state index in [1.165, 1.54) is 11.5 Å². The predicted molar refractivity (Wildman–Crippen MR) is 71.5 cm³/mol. The molecule has 8 heteroatoms. The van der Waals surface area contributed by atoms with Gasteiger partial charge in [0.25, 0.3) is 0 Å². The smallest absolute Gasteiger partial charge is 0.360 e. The van der Waals surface area contributed by atoms with Gasteiger partial charge in [-0.15, -0.1) is 0 Å². The van der Waals surface area contributed by atoms with Crippen molar-refractivity contribution in [2.45, 2.75) is 27.2 Å². The van der Waals surface area contributed by atoms with Crippen LogP contribution in [0.25, 0.3) is 5.13 Å². The number of nitrogens with two attached hydrogens (primary N) is 1. The zero-order valence-corrected chi connectivity index (χ0v) is 11.8. The summed E-state index contributed by atoms with van der Waals surface area (Å²) in [6.07, 6.45) is 0.627. The number of rotatable bonds is 4. The Morgan fingerprint density at radius 1 is 1.42 bits per heavy atom. The van der Waals surface area contributed by atoms with Gasteiger partial charge in [-0.2, -0.15) is 4.37 Å². The highest BCUT2D eigenvalue weighted by Crippen LogP contribution is 2.23. The lowest BCUT2D eigenvalue weighted by molar-refractivity contribution is 0.0521. The third-order valence-corrected chi connectivity index (χ3v) is 3.27. The van der Waals surface area contributed by atoms with Gasteiger partial charge in [-0.1, -0.05) is 6.92 Å². The summed E-state index contributed by atoms with van der Waals surface area (Å²) in [5, 5.41) is 0.606. The largest absolute Gasteiger partial charge is 0.461 e. The third kappa shape index (κ3) is 2.43. The Labute approximate surface area is 114 Å². The van der Waals surface area contributed by atoms with Gasteiger partial charge >= 0.3 is 5.97 Å². The van der Waals surface area contributed by atoms with E-state index in [9.17, 15) is 4.79 Å². The SMILES string of the molecule is CCOC(=O)c1nc(CC)n(-c2nc(C)ns2)c1N. The molecule has 2 N–H and O–H groups in total. The van der Waals surface area contributed by atoms with E-state index in [4.69, 9.17) is 10.5 Å². The predicted octanol–water partition coefficient (Wildman–Crippen LogP) is 1.35. The summed E-state index contributed by atoms with van der Waals surface area (Å²) in [6, 6.07) is 0. The molecule has 0 saturated heterocycles. The zero-order valence-electron chi connectivity index (χ0n) is 11.0. The summed E-state index contributed by atoms with van der Waals surface area (Å²) in [4.78, 5) is 20.3. The number of carbonyl (C=O) groups excluding carboxylic acids is 1. The molecule has 0 atom stereocenters. The standard InChI is InChI=1S/C11H15N5O2S/c1-4-7-14-8(10(17)18-5-2)9(12)16(7)11-13-6(3)15-19-11/h4-5,12H2,1-3H3. The fourth-order valence-corrected chi connectivity index (χ4v) is 2.37. The van der Waals surface area contributed by atoms with E-state index in [-0.39, 0.29) is 18.1 Å². The van der Waals surface area contributed by atoms with Gasteiger partial charge in [0, 0.05) is 18.0 Å². The third-order valence-electron chi connectivity index (χ3n) is 2.48. The van der Waals surface area contributed by atoms with Crippen molar-refractivity contribution in [3.63, 3.8) is 0 Å². The first-order valence-corrected chi connectivity index (χ1v) is 6.70. The van der Waals surface area contributed by atoms with Crippen LogP contribution < -0.4 is 5.73 Å². The highest BCUT2D eigenvalue weighted by atomic mass is 32.1. The lowest BCUT2D eigenvalue weighted by atomic mass is 10.4. The molecule has 0 radical (unpaired) electrons. The molecule has 0 aromatic carbocycles. The lowest BCUT2D eigenvalue weighted by Crippen LogP contribution is -2.09. The molecule has 0 spiro atoms. The van der Waals surface area contributed by atoms with Crippen LogP contribution in [0.4, 0.5) is 5.82 Å². The molecular formula is C11H15N5O2S. The van der Waals surface area contributed by atoms with Crippen molar-refractivity contribution in [3.05, 3.63) is 17.3 Å². The maximum atomic E-state index is 11.8. The number of hydrogen-bond donors (Lipinski definition) is 1. The fraction of sp³-hybridized carbons (Fsp3) is 0.455. The number of anilines is 1. The van der Waals surface area contributed by atoms with Crippen LogP contribution in [-0.2, 0) is 11.2 Å². The van der Waals surface area contributed by atoms with E-state index in [0.717, 1.165) is 0 Å². The molecule has 19 heavy (non-hydrogen) atoms. The number of aromatic nitrogens is 4. The minimum atomic E-state index is -0.519. The van der Waals surface area contributed by atoms with Crippen LogP contribution in [0, 0.1) is 6.92 Å².